The lowest BCUT2D eigenvalue weighted by molar-refractivity contribution is 0.102. The normalized spacial score (nSPS) is 20.0. The summed E-state index contributed by atoms with van der Waals surface area (Å²) in [6, 6.07) is 15.2. The average molecular weight is 365 g/mol. The second-order valence-corrected chi connectivity index (χ2v) is 7.58. The van der Waals surface area contributed by atoms with E-state index in [2.05, 4.69) is 27.2 Å². The highest BCUT2D eigenvalue weighted by Crippen LogP contribution is 2.35. The van der Waals surface area contributed by atoms with E-state index < -0.39 is 5.54 Å². The lowest BCUT2D eigenvalue weighted by Gasteiger charge is -2.30. The van der Waals surface area contributed by atoms with Crippen LogP contribution >= 0.6 is 11.8 Å². The minimum Gasteiger partial charge on any atom is -0.379 e. The van der Waals surface area contributed by atoms with Crippen molar-refractivity contribution in [2.45, 2.75) is 18.9 Å². The topological polar surface area (TPSA) is 96.2 Å². The third-order valence-corrected chi connectivity index (χ3v) is 5.36. The van der Waals surface area contributed by atoms with E-state index in [1.54, 1.807) is 17.8 Å². The SMILES string of the molecule is CC1(c2cccc(C(=O)Nc3nc4ccccc4[nH]3)c2)CCSC(N)=N1. The van der Waals surface area contributed by atoms with E-state index >= 15 is 0 Å². The standard InChI is InChI=1S/C19H19N5OS/c1-19(9-10-26-17(20)24-19)13-6-4-5-12(11-13)16(25)23-18-21-14-7-2-3-8-15(14)22-18/h2-8,11H,9-10H2,1H3,(H2,20,24)(H2,21,22,23,25). The van der Waals surface area contributed by atoms with E-state index in [9.17, 15) is 4.79 Å². The number of aliphatic imine (C=N–C) groups is 1. The van der Waals surface area contributed by atoms with Crippen LogP contribution in [0.25, 0.3) is 11.0 Å². The van der Waals surface area contributed by atoms with E-state index in [4.69, 9.17) is 5.73 Å². The van der Waals surface area contributed by atoms with Gasteiger partial charge in [0.1, 0.15) is 0 Å². The number of thioether (sulfide) groups is 1. The van der Waals surface area contributed by atoms with Crippen molar-refractivity contribution in [3.05, 3.63) is 59.7 Å². The molecule has 0 saturated heterocycles. The van der Waals surface area contributed by atoms with Crippen molar-refractivity contribution in [3.8, 4) is 0 Å². The number of amides is 1. The van der Waals surface area contributed by atoms with Crippen molar-refractivity contribution in [1.29, 1.82) is 0 Å². The lowest BCUT2D eigenvalue weighted by Crippen LogP contribution is -2.29. The van der Waals surface area contributed by atoms with Crippen LogP contribution in [-0.4, -0.2) is 26.8 Å². The molecule has 0 fully saturated rings. The summed E-state index contributed by atoms with van der Waals surface area (Å²) in [4.78, 5) is 24.8. The van der Waals surface area contributed by atoms with E-state index in [-0.39, 0.29) is 5.91 Å². The number of hydrogen-bond acceptors (Lipinski definition) is 5. The van der Waals surface area contributed by atoms with Gasteiger partial charge in [0.05, 0.1) is 16.6 Å². The highest BCUT2D eigenvalue weighted by molar-refractivity contribution is 8.13. The van der Waals surface area contributed by atoms with Gasteiger partial charge in [0, 0.05) is 11.3 Å². The summed E-state index contributed by atoms with van der Waals surface area (Å²) in [5, 5.41) is 3.42. The molecule has 1 aliphatic rings. The van der Waals surface area contributed by atoms with Crippen molar-refractivity contribution in [1.82, 2.24) is 9.97 Å². The number of hydrogen-bond donors (Lipinski definition) is 3. The van der Waals surface area contributed by atoms with Crippen molar-refractivity contribution >= 4 is 39.8 Å². The van der Waals surface area contributed by atoms with Crippen LogP contribution in [0.3, 0.4) is 0 Å². The van der Waals surface area contributed by atoms with Gasteiger partial charge in [-0.05, 0) is 43.2 Å². The van der Waals surface area contributed by atoms with Crippen LogP contribution in [0.2, 0.25) is 0 Å². The number of aromatic nitrogens is 2. The zero-order valence-electron chi connectivity index (χ0n) is 14.3. The molecule has 1 aromatic heterocycles. The Morgan fingerprint density at radius 1 is 1.27 bits per heavy atom. The first kappa shape index (κ1) is 16.7. The number of aromatic amines is 1. The van der Waals surface area contributed by atoms with Gasteiger partial charge in [-0.2, -0.15) is 0 Å². The molecule has 4 rings (SSSR count). The molecule has 0 saturated carbocycles. The van der Waals surface area contributed by atoms with Gasteiger partial charge in [0.2, 0.25) is 5.95 Å². The first-order valence-electron chi connectivity index (χ1n) is 8.38. The number of carbonyl (C=O) groups is 1. The van der Waals surface area contributed by atoms with Crippen LogP contribution in [0.1, 0.15) is 29.3 Å². The van der Waals surface area contributed by atoms with Crippen LogP contribution in [0.4, 0.5) is 5.95 Å². The van der Waals surface area contributed by atoms with Crippen LogP contribution < -0.4 is 11.1 Å². The molecule has 6 nitrogen and oxygen atoms in total. The van der Waals surface area contributed by atoms with Gasteiger partial charge in [0.15, 0.2) is 5.17 Å². The fourth-order valence-electron chi connectivity index (χ4n) is 3.08. The molecule has 2 aromatic carbocycles. The van der Waals surface area contributed by atoms with Gasteiger partial charge in [-0.1, -0.05) is 36.0 Å². The molecule has 1 amide bonds. The third-order valence-electron chi connectivity index (χ3n) is 4.56. The van der Waals surface area contributed by atoms with Gasteiger partial charge in [-0.25, -0.2) is 4.98 Å². The fraction of sp³-hybridized carbons (Fsp3) is 0.211. The lowest BCUT2D eigenvalue weighted by atomic mass is 9.89. The number of H-pyrrole nitrogens is 1. The minimum atomic E-state index is -0.398. The molecule has 3 aromatic rings. The van der Waals surface area contributed by atoms with E-state index in [0.717, 1.165) is 28.8 Å². The predicted molar refractivity (Wildman–Crippen MR) is 107 cm³/mol. The molecule has 0 aliphatic carbocycles. The molecule has 132 valence electrons. The van der Waals surface area contributed by atoms with Gasteiger partial charge in [0.25, 0.3) is 5.91 Å². The van der Waals surface area contributed by atoms with E-state index in [0.29, 0.717) is 16.7 Å². The summed E-state index contributed by atoms with van der Waals surface area (Å²) in [6.45, 7) is 2.05. The summed E-state index contributed by atoms with van der Waals surface area (Å²) in [5.74, 6) is 1.14. The smallest absolute Gasteiger partial charge is 0.257 e. The molecule has 1 aliphatic heterocycles. The van der Waals surface area contributed by atoms with Crippen LogP contribution in [0.15, 0.2) is 53.5 Å². The number of nitrogens with two attached hydrogens (primary N) is 1. The molecule has 2 heterocycles. The zero-order valence-corrected chi connectivity index (χ0v) is 15.1. The van der Waals surface area contributed by atoms with Crippen LogP contribution in [0, 0.1) is 0 Å². The number of nitrogens with one attached hydrogen (secondary N) is 2. The van der Waals surface area contributed by atoms with Crippen molar-refractivity contribution in [2.75, 3.05) is 11.1 Å². The monoisotopic (exact) mass is 365 g/mol. The van der Waals surface area contributed by atoms with Crippen molar-refractivity contribution in [3.63, 3.8) is 0 Å². The molecule has 7 heteroatoms. The Bertz CT molecular complexity index is 979. The fourth-order valence-corrected chi connectivity index (χ4v) is 4.06. The second kappa shape index (κ2) is 6.49. The average Bonchev–Trinajstić information content (AvgIpc) is 3.04. The van der Waals surface area contributed by atoms with Crippen molar-refractivity contribution in [2.24, 2.45) is 10.7 Å². The van der Waals surface area contributed by atoms with E-state index in [1.165, 1.54) is 0 Å². The number of fused-ring (bicyclic) bond motifs is 1. The van der Waals surface area contributed by atoms with Gasteiger partial charge in [-0.15, -0.1) is 0 Å². The first-order chi connectivity index (χ1) is 12.5. The summed E-state index contributed by atoms with van der Waals surface area (Å²) in [5.41, 5.74) is 8.75. The number of rotatable bonds is 3. The number of anilines is 1. The van der Waals surface area contributed by atoms with Gasteiger partial charge < -0.3 is 10.7 Å². The largest absolute Gasteiger partial charge is 0.379 e. The number of nitrogens with zero attached hydrogens (tertiary/aromatic N) is 2. The second-order valence-electron chi connectivity index (χ2n) is 6.46. The molecule has 26 heavy (non-hydrogen) atoms. The Hall–Kier alpha value is -2.80. The summed E-state index contributed by atoms with van der Waals surface area (Å²) in [6.07, 6.45) is 0.882. The van der Waals surface area contributed by atoms with Gasteiger partial charge in [-0.3, -0.25) is 15.1 Å². The Morgan fingerprint density at radius 3 is 2.92 bits per heavy atom. The highest BCUT2D eigenvalue weighted by atomic mass is 32.2. The zero-order chi connectivity index (χ0) is 18.1. The molecular formula is C19H19N5OS. The number of para-hydroxylation sites is 2. The number of carbonyl (C=O) groups excluding carboxylic acids is 1. The Balaban J connectivity index is 1.59. The third kappa shape index (κ3) is 3.17. The highest BCUT2D eigenvalue weighted by Gasteiger charge is 2.29. The molecule has 0 spiro atoms. The quantitative estimate of drug-likeness (QED) is 0.662. The molecular weight excluding hydrogens is 346 g/mol. The number of imidazole rings is 1. The van der Waals surface area contributed by atoms with Crippen LogP contribution in [-0.2, 0) is 5.54 Å². The maximum absolute atomic E-state index is 12.7. The Kier molecular flexibility index (Phi) is 4.16. The minimum absolute atomic E-state index is 0.211. The van der Waals surface area contributed by atoms with Crippen molar-refractivity contribution < 1.29 is 4.79 Å². The first-order valence-corrected chi connectivity index (χ1v) is 9.37. The number of benzene rings is 2. The van der Waals surface area contributed by atoms with Crippen LogP contribution in [0.5, 0.6) is 0 Å². The maximum Gasteiger partial charge on any atom is 0.257 e. The van der Waals surface area contributed by atoms with Gasteiger partial charge >= 0.3 is 0 Å². The predicted octanol–water partition coefficient (Wildman–Crippen LogP) is 3.48. The molecule has 4 N–H and O–H groups in total. The molecule has 0 bridgehead atoms. The maximum atomic E-state index is 12.7. The molecule has 1 atom stereocenters. The molecule has 1 unspecified atom stereocenters. The van der Waals surface area contributed by atoms with E-state index in [1.807, 2.05) is 42.5 Å². The summed E-state index contributed by atoms with van der Waals surface area (Å²) >= 11 is 1.57. The summed E-state index contributed by atoms with van der Waals surface area (Å²) in [7, 11) is 0. The summed E-state index contributed by atoms with van der Waals surface area (Å²) < 4.78 is 0. The number of amidine groups is 1. The Morgan fingerprint density at radius 2 is 2.12 bits per heavy atom. The molecule has 0 radical (unpaired) electrons. The Labute approximate surface area is 155 Å².